The molecule has 1 N–H and O–H groups in total. The molecule has 4 rings (SSSR count). The highest BCUT2D eigenvalue weighted by Gasteiger charge is 2.27. The van der Waals surface area contributed by atoms with Crippen molar-refractivity contribution >= 4 is 55.6 Å². The van der Waals surface area contributed by atoms with Crippen LogP contribution in [0.2, 0.25) is 5.02 Å². The zero-order chi connectivity index (χ0) is 23.5. The van der Waals surface area contributed by atoms with Gasteiger partial charge in [-0.2, -0.15) is 4.98 Å². The molecule has 0 saturated carbocycles. The van der Waals surface area contributed by atoms with E-state index in [1.807, 2.05) is 6.07 Å². The molecule has 0 unspecified atom stereocenters. The average molecular weight is 533 g/mol. The normalized spacial score (nSPS) is 10.7. The number of hydrogen-bond donors (Lipinski definition) is 1. The number of pyridine rings is 1. The lowest BCUT2D eigenvalue weighted by atomic mass is 10.2. The van der Waals surface area contributed by atoms with Crippen LogP contribution in [0.25, 0.3) is 10.9 Å². The van der Waals surface area contributed by atoms with Crippen LogP contribution >= 0.6 is 27.5 Å². The van der Waals surface area contributed by atoms with E-state index in [-0.39, 0.29) is 16.7 Å². The van der Waals surface area contributed by atoms with Crippen LogP contribution < -0.4 is 19.5 Å². The minimum Gasteiger partial charge on any atom is -0.495 e. The maximum Gasteiger partial charge on any atom is 0.373 e. The Morgan fingerprint density at radius 3 is 2.58 bits per heavy atom. The van der Waals surface area contributed by atoms with Gasteiger partial charge in [-0.15, -0.1) is 0 Å². The summed E-state index contributed by atoms with van der Waals surface area (Å²) in [4.78, 5) is 23.7. The zero-order valence-electron chi connectivity index (χ0n) is 17.2. The molecule has 2 heterocycles. The smallest absolute Gasteiger partial charge is 0.373 e. The molecule has 168 valence electrons. The molecule has 0 saturated heterocycles. The van der Waals surface area contributed by atoms with E-state index in [1.54, 1.807) is 30.5 Å². The van der Waals surface area contributed by atoms with Gasteiger partial charge in [-0.25, -0.2) is 4.98 Å². The summed E-state index contributed by atoms with van der Waals surface area (Å²) in [7, 11) is 2.91. The number of anilines is 2. The predicted molar refractivity (Wildman–Crippen MR) is 126 cm³/mol. The second kappa shape index (κ2) is 9.43. The number of methoxy groups -OCH3 is 2. The van der Waals surface area contributed by atoms with Gasteiger partial charge >= 0.3 is 11.6 Å². The predicted octanol–water partition coefficient (Wildman–Crippen LogP) is 5.90. The summed E-state index contributed by atoms with van der Waals surface area (Å²) in [6.45, 7) is 0. The molecule has 4 aromatic rings. The third-order valence-corrected chi connectivity index (χ3v) is 5.57. The van der Waals surface area contributed by atoms with Gasteiger partial charge < -0.3 is 19.5 Å². The van der Waals surface area contributed by atoms with Crippen molar-refractivity contribution in [3.63, 3.8) is 0 Å². The maximum atomic E-state index is 12.0. The summed E-state index contributed by atoms with van der Waals surface area (Å²) in [5.74, 6) is 0.653. The highest BCUT2D eigenvalue weighted by molar-refractivity contribution is 9.10. The maximum absolute atomic E-state index is 12.0. The minimum atomic E-state index is -0.635. The number of benzene rings is 2. The molecule has 2 aromatic heterocycles. The first-order chi connectivity index (χ1) is 15.9. The van der Waals surface area contributed by atoms with Gasteiger partial charge in [-0.3, -0.25) is 15.1 Å². The molecule has 0 fully saturated rings. The summed E-state index contributed by atoms with van der Waals surface area (Å²) in [5.41, 5.74) is 0.378. The molecular weight excluding hydrogens is 518 g/mol. The first kappa shape index (κ1) is 22.5. The number of fused-ring (bicyclic) bond motifs is 1. The Morgan fingerprint density at radius 2 is 1.85 bits per heavy atom. The quantitative estimate of drug-likeness (QED) is 0.229. The van der Waals surface area contributed by atoms with Crippen molar-refractivity contribution < 1.29 is 19.1 Å². The van der Waals surface area contributed by atoms with Crippen molar-refractivity contribution in [3.05, 3.63) is 68.5 Å². The molecule has 0 aliphatic carbocycles. The molecule has 0 bridgehead atoms. The Labute approximate surface area is 200 Å². The third kappa shape index (κ3) is 4.45. The van der Waals surface area contributed by atoms with Crippen LogP contribution in [0.1, 0.15) is 0 Å². The van der Waals surface area contributed by atoms with Gasteiger partial charge in [0.15, 0.2) is 5.75 Å². The molecule has 0 aliphatic rings. The van der Waals surface area contributed by atoms with Crippen molar-refractivity contribution in [2.75, 3.05) is 19.5 Å². The topological polar surface area (TPSA) is 122 Å². The lowest BCUT2D eigenvalue weighted by Crippen LogP contribution is -2.05. The van der Waals surface area contributed by atoms with Gasteiger partial charge in [0.25, 0.3) is 0 Å². The van der Waals surface area contributed by atoms with Crippen molar-refractivity contribution in [3.8, 4) is 23.1 Å². The Balaban J connectivity index is 1.78. The molecule has 12 heteroatoms. The van der Waals surface area contributed by atoms with E-state index in [1.165, 1.54) is 20.3 Å². The summed E-state index contributed by atoms with van der Waals surface area (Å²) in [5, 5.41) is 15.9. The van der Waals surface area contributed by atoms with E-state index < -0.39 is 10.6 Å². The number of rotatable bonds is 7. The molecule has 0 radical (unpaired) electrons. The van der Waals surface area contributed by atoms with Gasteiger partial charge in [0, 0.05) is 22.1 Å². The van der Waals surface area contributed by atoms with Crippen LogP contribution in [-0.4, -0.2) is 34.1 Å². The molecule has 0 atom stereocenters. The molecular formula is C21H15BrClN5O5. The molecule has 0 spiro atoms. The van der Waals surface area contributed by atoms with Gasteiger partial charge in [-0.1, -0.05) is 33.6 Å². The van der Waals surface area contributed by atoms with Crippen molar-refractivity contribution in [2.45, 2.75) is 0 Å². The summed E-state index contributed by atoms with van der Waals surface area (Å²) in [6.07, 6.45) is 2.75. The standard InChI is InChI=1S/C21H15BrClN5O5/c1-31-16-9-17(32-2)14(8-13(16)23)27-20-19(28(29)30)21(26-10-25-20)33-15-6-5-12(22)11-4-3-7-24-18(11)15/h3-10H,1-2H3,(H,25,26,27). The van der Waals surface area contributed by atoms with Gasteiger partial charge in [-0.05, 0) is 24.3 Å². The second-order valence-corrected chi connectivity index (χ2v) is 7.75. The zero-order valence-corrected chi connectivity index (χ0v) is 19.5. The number of aromatic nitrogens is 3. The average Bonchev–Trinajstić information content (AvgIpc) is 2.81. The van der Waals surface area contributed by atoms with Crippen molar-refractivity contribution in [2.24, 2.45) is 0 Å². The Morgan fingerprint density at radius 1 is 1.06 bits per heavy atom. The fourth-order valence-electron chi connectivity index (χ4n) is 3.08. The fraction of sp³-hybridized carbons (Fsp3) is 0.0952. The Bertz CT molecular complexity index is 1370. The van der Waals surface area contributed by atoms with Crippen LogP contribution in [0, 0.1) is 10.1 Å². The lowest BCUT2D eigenvalue weighted by Gasteiger charge is -2.14. The van der Waals surface area contributed by atoms with Crippen LogP contribution in [0.5, 0.6) is 23.1 Å². The van der Waals surface area contributed by atoms with E-state index >= 15 is 0 Å². The van der Waals surface area contributed by atoms with E-state index in [0.29, 0.717) is 28.5 Å². The van der Waals surface area contributed by atoms with Gasteiger partial charge in [0.2, 0.25) is 5.82 Å². The van der Waals surface area contributed by atoms with E-state index in [2.05, 4.69) is 36.2 Å². The Hall–Kier alpha value is -3.70. The third-order valence-electron chi connectivity index (χ3n) is 4.58. The fourth-order valence-corrected chi connectivity index (χ4v) is 3.77. The molecule has 10 nitrogen and oxygen atoms in total. The molecule has 2 aromatic carbocycles. The molecule has 0 aliphatic heterocycles. The lowest BCUT2D eigenvalue weighted by molar-refractivity contribution is -0.385. The number of hydrogen-bond acceptors (Lipinski definition) is 9. The first-order valence-corrected chi connectivity index (χ1v) is 10.5. The first-order valence-electron chi connectivity index (χ1n) is 9.32. The Kier molecular flexibility index (Phi) is 6.43. The summed E-state index contributed by atoms with van der Waals surface area (Å²) < 4.78 is 17.2. The summed E-state index contributed by atoms with van der Waals surface area (Å²) >= 11 is 9.67. The van der Waals surface area contributed by atoms with Crippen molar-refractivity contribution in [1.82, 2.24) is 15.0 Å². The summed E-state index contributed by atoms with van der Waals surface area (Å²) in [6, 6.07) is 10.1. The highest BCUT2D eigenvalue weighted by Crippen LogP contribution is 2.41. The largest absolute Gasteiger partial charge is 0.495 e. The molecule has 0 amide bonds. The number of halogens is 2. The highest BCUT2D eigenvalue weighted by atomic mass is 79.9. The van der Waals surface area contributed by atoms with Gasteiger partial charge in [0.1, 0.15) is 23.3 Å². The molecule has 33 heavy (non-hydrogen) atoms. The van der Waals surface area contributed by atoms with Crippen LogP contribution in [-0.2, 0) is 0 Å². The van der Waals surface area contributed by atoms with Gasteiger partial charge in [0.05, 0.1) is 29.9 Å². The number of ether oxygens (including phenoxy) is 3. The second-order valence-electron chi connectivity index (χ2n) is 6.49. The monoisotopic (exact) mass is 531 g/mol. The SMILES string of the molecule is COc1cc(OC)c(Nc2ncnc(Oc3ccc(Br)c4cccnc34)c2[N+](=O)[O-])cc1Cl. The van der Waals surface area contributed by atoms with E-state index in [9.17, 15) is 10.1 Å². The van der Waals surface area contributed by atoms with Crippen LogP contribution in [0.3, 0.4) is 0 Å². The number of nitrogens with one attached hydrogen (secondary N) is 1. The van der Waals surface area contributed by atoms with Crippen LogP contribution in [0.4, 0.5) is 17.2 Å². The van der Waals surface area contributed by atoms with E-state index in [4.69, 9.17) is 25.8 Å². The minimum absolute atomic E-state index is 0.112. The van der Waals surface area contributed by atoms with E-state index in [0.717, 1.165) is 16.2 Å². The number of nitro groups is 1. The number of nitrogens with zero attached hydrogens (tertiary/aromatic N) is 4. The van der Waals surface area contributed by atoms with Crippen LogP contribution in [0.15, 0.2) is 53.4 Å². The van der Waals surface area contributed by atoms with Crippen molar-refractivity contribution in [1.29, 1.82) is 0 Å².